The Hall–Kier alpha value is -3.54. The first-order chi connectivity index (χ1) is 12.6. The second-order valence-electron chi connectivity index (χ2n) is 6.62. The van der Waals surface area contributed by atoms with Crippen molar-refractivity contribution in [2.45, 2.75) is 20.8 Å². The highest BCUT2D eigenvalue weighted by molar-refractivity contribution is 5.87. The number of aryl methyl sites for hydroxylation is 3. The molecule has 0 radical (unpaired) electrons. The fraction of sp³-hybridized carbons (Fsp3) is 0.143. The Morgan fingerprint density at radius 1 is 0.444 bits per heavy atom. The van der Waals surface area contributed by atoms with Crippen LogP contribution < -0.4 is 0 Å². The topological polar surface area (TPSA) is 121 Å². The molecule has 0 bridgehead atoms. The summed E-state index contributed by atoms with van der Waals surface area (Å²) in [4.78, 5) is 0. The molecule has 0 aliphatic carbocycles. The molecule has 0 spiro atoms. The van der Waals surface area contributed by atoms with Crippen molar-refractivity contribution in [3.05, 3.63) is 47.0 Å². The minimum atomic E-state index is -0.393. The van der Waals surface area contributed by atoms with E-state index in [9.17, 15) is 30.6 Å². The van der Waals surface area contributed by atoms with Crippen molar-refractivity contribution in [2.24, 2.45) is 0 Å². The lowest BCUT2D eigenvalue weighted by Crippen LogP contribution is -1.93. The molecule has 0 amide bonds. The van der Waals surface area contributed by atoms with Gasteiger partial charge >= 0.3 is 0 Å². The second-order valence-corrected chi connectivity index (χ2v) is 6.62. The van der Waals surface area contributed by atoms with Crippen LogP contribution in [0, 0.1) is 20.8 Å². The average molecular weight is 368 g/mol. The molecule has 0 aromatic heterocycles. The van der Waals surface area contributed by atoms with Gasteiger partial charge < -0.3 is 30.6 Å². The lowest BCUT2D eigenvalue weighted by molar-refractivity contribution is 0.401. The van der Waals surface area contributed by atoms with Crippen LogP contribution in [0.2, 0.25) is 0 Å². The first kappa shape index (κ1) is 18.3. The average Bonchev–Trinajstić information content (AvgIpc) is 2.59. The number of rotatable bonds is 2. The summed E-state index contributed by atoms with van der Waals surface area (Å²) in [6.07, 6.45) is 0. The molecule has 6 N–H and O–H groups in total. The molecule has 3 aromatic carbocycles. The fourth-order valence-electron chi connectivity index (χ4n) is 3.26. The van der Waals surface area contributed by atoms with Crippen molar-refractivity contribution in [1.29, 1.82) is 0 Å². The summed E-state index contributed by atoms with van der Waals surface area (Å²) < 4.78 is 0. The number of phenolic OH excluding ortho intramolecular Hbond substituents is 6. The zero-order valence-electron chi connectivity index (χ0n) is 15.1. The second kappa shape index (κ2) is 6.32. The largest absolute Gasteiger partial charge is 0.504 e. The van der Waals surface area contributed by atoms with Gasteiger partial charge in [0, 0.05) is 11.1 Å². The lowest BCUT2D eigenvalue weighted by Gasteiger charge is -2.18. The highest BCUT2D eigenvalue weighted by atomic mass is 16.3. The number of hydrogen-bond donors (Lipinski definition) is 6. The Morgan fingerprint density at radius 3 is 1.44 bits per heavy atom. The van der Waals surface area contributed by atoms with Crippen LogP contribution in [0.1, 0.15) is 16.7 Å². The normalized spacial score (nSPS) is 10.9. The van der Waals surface area contributed by atoms with Gasteiger partial charge in [0.05, 0.1) is 0 Å². The van der Waals surface area contributed by atoms with E-state index >= 15 is 0 Å². The highest BCUT2D eigenvalue weighted by Gasteiger charge is 2.21. The van der Waals surface area contributed by atoms with Crippen LogP contribution in [-0.4, -0.2) is 30.6 Å². The van der Waals surface area contributed by atoms with Gasteiger partial charge in [0.2, 0.25) is 0 Å². The molecule has 0 atom stereocenters. The minimum Gasteiger partial charge on any atom is -0.504 e. The first-order valence-electron chi connectivity index (χ1n) is 8.23. The van der Waals surface area contributed by atoms with Crippen LogP contribution >= 0.6 is 0 Å². The third-order valence-electron chi connectivity index (χ3n) is 4.67. The van der Waals surface area contributed by atoms with Gasteiger partial charge in [-0.25, -0.2) is 0 Å². The van der Waals surface area contributed by atoms with Crippen LogP contribution in [-0.2, 0) is 0 Å². The van der Waals surface area contributed by atoms with E-state index in [1.807, 2.05) is 0 Å². The summed E-state index contributed by atoms with van der Waals surface area (Å²) >= 11 is 0. The van der Waals surface area contributed by atoms with E-state index in [2.05, 4.69) is 0 Å². The Labute approximate surface area is 155 Å². The van der Waals surface area contributed by atoms with Crippen molar-refractivity contribution >= 4 is 0 Å². The summed E-state index contributed by atoms with van der Waals surface area (Å²) in [5.74, 6) is -2.00. The predicted octanol–water partition coefficient (Wildman–Crippen LogP) is 4.18. The molecule has 6 heteroatoms. The van der Waals surface area contributed by atoms with Crippen LogP contribution in [0.4, 0.5) is 0 Å². The van der Waals surface area contributed by atoms with E-state index in [-0.39, 0.29) is 28.7 Å². The summed E-state index contributed by atoms with van der Waals surface area (Å²) in [6, 6.07) is 7.02. The molecule has 0 heterocycles. The third kappa shape index (κ3) is 2.95. The molecular weight excluding hydrogens is 348 g/mol. The van der Waals surface area contributed by atoms with Crippen molar-refractivity contribution in [2.75, 3.05) is 0 Å². The van der Waals surface area contributed by atoms with Gasteiger partial charge in [-0.05, 0) is 78.9 Å². The van der Waals surface area contributed by atoms with E-state index in [4.69, 9.17) is 0 Å². The summed E-state index contributed by atoms with van der Waals surface area (Å²) in [5.41, 5.74) is 3.36. The molecule has 0 saturated heterocycles. The number of aromatic hydroxyl groups is 6. The van der Waals surface area contributed by atoms with Crippen molar-refractivity contribution in [3.63, 3.8) is 0 Å². The summed E-state index contributed by atoms with van der Waals surface area (Å²) in [7, 11) is 0. The molecule has 27 heavy (non-hydrogen) atoms. The number of phenols is 6. The van der Waals surface area contributed by atoms with Gasteiger partial charge in [0.15, 0.2) is 34.5 Å². The molecule has 0 saturated carbocycles. The molecule has 0 fully saturated rings. The van der Waals surface area contributed by atoms with Crippen LogP contribution in [0.25, 0.3) is 22.3 Å². The van der Waals surface area contributed by atoms with Gasteiger partial charge in [0.25, 0.3) is 0 Å². The SMILES string of the molecule is Cc1cc(O)c(O)cc1-c1cc(C)c(-c2cc(O)c(O)cc2C)c(O)c1O. The molecule has 3 rings (SSSR count). The van der Waals surface area contributed by atoms with Crippen LogP contribution in [0.15, 0.2) is 30.3 Å². The Kier molecular flexibility index (Phi) is 4.27. The minimum absolute atomic E-state index is 0.274. The third-order valence-corrected chi connectivity index (χ3v) is 4.67. The predicted molar refractivity (Wildman–Crippen MR) is 102 cm³/mol. The van der Waals surface area contributed by atoms with Gasteiger partial charge in [-0.1, -0.05) is 0 Å². The highest BCUT2D eigenvalue weighted by Crippen LogP contribution is 2.49. The summed E-state index contributed by atoms with van der Waals surface area (Å²) in [5, 5.41) is 60.1. The molecule has 0 aliphatic heterocycles. The van der Waals surface area contributed by atoms with E-state index in [1.54, 1.807) is 26.8 Å². The standard InChI is InChI=1S/C21H20O6/c1-9-5-15(22)17(24)7-12(9)14-4-11(3)19(21(27)20(14)26)13-8-18(25)16(23)6-10(13)2/h4-8,22-27H,1-3H3. The smallest absolute Gasteiger partial charge is 0.166 e. The van der Waals surface area contributed by atoms with Gasteiger partial charge in [-0.2, -0.15) is 0 Å². The summed E-state index contributed by atoms with van der Waals surface area (Å²) in [6.45, 7) is 5.15. The van der Waals surface area contributed by atoms with Gasteiger partial charge in [0.1, 0.15) is 0 Å². The van der Waals surface area contributed by atoms with Crippen molar-refractivity contribution in [1.82, 2.24) is 0 Å². The molecule has 0 aliphatic rings. The maximum Gasteiger partial charge on any atom is 0.166 e. The number of hydrogen-bond acceptors (Lipinski definition) is 6. The molecule has 0 unspecified atom stereocenters. The van der Waals surface area contributed by atoms with E-state index in [0.29, 0.717) is 38.9 Å². The zero-order chi connectivity index (χ0) is 20.0. The monoisotopic (exact) mass is 368 g/mol. The Bertz CT molecular complexity index is 1070. The quantitative estimate of drug-likeness (QED) is 0.377. The fourth-order valence-corrected chi connectivity index (χ4v) is 3.26. The van der Waals surface area contributed by atoms with Crippen molar-refractivity contribution < 1.29 is 30.6 Å². The van der Waals surface area contributed by atoms with Gasteiger partial charge in [-0.3, -0.25) is 0 Å². The number of benzene rings is 3. The molecule has 3 aromatic rings. The first-order valence-corrected chi connectivity index (χ1v) is 8.23. The Morgan fingerprint density at radius 2 is 0.889 bits per heavy atom. The van der Waals surface area contributed by atoms with E-state index < -0.39 is 5.75 Å². The Balaban J connectivity index is 2.28. The maximum absolute atomic E-state index is 10.7. The lowest BCUT2D eigenvalue weighted by atomic mass is 9.90. The molecule has 6 nitrogen and oxygen atoms in total. The van der Waals surface area contributed by atoms with E-state index in [0.717, 1.165) is 0 Å². The van der Waals surface area contributed by atoms with Crippen molar-refractivity contribution in [3.8, 4) is 56.8 Å². The van der Waals surface area contributed by atoms with E-state index in [1.165, 1.54) is 24.3 Å². The van der Waals surface area contributed by atoms with Crippen LogP contribution in [0.5, 0.6) is 34.5 Å². The molecule has 140 valence electrons. The van der Waals surface area contributed by atoms with Gasteiger partial charge in [-0.15, -0.1) is 0 Å². The molecular formula is C21H20O6. The van der Waals surface area contributed by atoms with Crippen LogP contribution in [0.3, 0.4) is 0 Å². The maximum atomic E-state index is 10.7. The zero-order valence-corrected chi connectivity index (χ0v) is 15.1.